The van der Waals surface area contributed by atoms with E-state index < -0.39 is 0 Å². The van der Waals surface area contributed by atoms with Gasteiger partial charge in [0.15, 0.2) is 5.82 Å². The monoisotopic (exact) mass is 299 g/mol. The van der Waals surface area contributed by atoms with Gasteiger partial charge in [0.05, 0.1) is 6.54 Å². The number of nitrogens with two attached hydrogens (primary N) is 1. The van der Waals surface area contributed by atoms with E-state index in [-0.39, 0.29) is 0 Å². The van der Waals surface area contributed by atoms with Gasteiger partial charge in [0.25, 0.3) is 0 Å². The topological polar surface area (TPSA) is 69.6 Å². The smallest absolute Gasteiger partial charge is 0.182 e. The lowest BCUT2D eigenvalue weighted by molar-refractivity contribution is 0.653. The van der Waals surface area contributed by atoms with Crippen LogP contribution in [-0.4, -0.2) is 20.2 Å². The van der Waals surface area contributed by atoms with Crippen LogP contribution in [0.25, 0.3) is 11.4 Å². The maximum absolute atomic E-state index is 6.01. The van der Waals surface area contributed by atoms with E-state index in [0.29, 0.717) is 23.1 Å². The molecule has 0 fully saturated rings. The van der Waals surface area contributed by atoms with Crippen molar-refractivity contribution in [1.82, 2.24) is 20.2 Å². The van der Waals surface area contributed by atoms with Crippen LogP contribution >= 0.6 is 11.6 Å². The van der Waals surface area contributed by atoms with Gasteiger partial charge in [-0.1, -0.05) is 23.7 Å². The minimum absolute atomic E-state index is 0.552. The van der Waals surface area contributed by atoms with Crippen LogP contribution in [0, 0.1) is 6.92 Å². The number of aromatic nitrogens is 4. The van der Waals surface area contributed by atoms with Crippen LogP contribution in [0.1, 0.15) is 11.1 Å². The Kier molecular flexibility index (Phi) is 3.58. The number of benzene rings is 2. The first-order valence-corrected chi connectivity index (χ1v) is 6.88. The number of hydrogen-bond acceptors (Lipinski definition) is 4. The van der Waals surface area contributed by atoms with Crippen molar-refractivity contribution in [2.24, 2.45) is 0 Å². The summed E-state index contributed by atoms with van der Waals surface area (Å²) < 4.78 is 1.74. The first-order chi connectivity index (χ1) is 10.1. The van der Waals surface area contributed by atoms with Crippen molar-refractivity contribution in [2.75, 3.05) is 5.73 Å². The lowest BCUT2D eigenvalue weighted by atomic mass is 10.1. The number of halogens is 1. The van der Waals surface area contributed by atoms with Gasteiger partial charge in [-0.3, -0.25) is 0 Å². The third-order valence-electron chi connectivity index (χ3n) is 3.11. The van der Waals surface area contributed by atoms with Crippen molar-refractivity contribution in [3.05, 3.63) is 58.6 Å². The maximum Gasteiger partial charge on any atom is 0.182 e. The third-order valence-corrected chi connectivity index (χ3v) is 3.35. The minimum atomic E-state index is 0.552. The van der Waals surface area contributed by atoms with E-state index in [1.165, 1.54) is 0 Å². The van der Waals surface area contributed by atoms with Crippen LogP contribution in [0.5, 0.6) is 0 Å². The van der Waals surface area contributed by atoms with Gasteiger partial charge >= 0.3 is 0 Å². The molecule has 0 unspecified atom stereocenters. The normalized spacial score (nSPS) is 10.8. The van der Waals surface area contributed by atoms with Crippen molar-refractivity contribution in [3.63, 3.8) is 0 Å². The van der Waals surface area contributed by atoms with E-state index in [4.69, 9.17) is 17.3 Å². The molecule has 3 aromatic rings. The fourth-order valence-electron chi connectivity index (χ4n) is 2.27. The zero-order chi connectivity index (χ0) is 14.8. The molecule has 0 radical (unpaired) electrons. The van der Waals surface area contributed by atoms with Crippen molar-refractivity contribution in [1.29, 1.82) is 0 Å². The van der Waals surface area contributed by atoms with Gasteiger partial charge in [-0.15, -0.1) is 5.10 Å². The van der Waals surface area contributed by atoms with E-state index in [0.717, 1.165) is 16.7 Å². The molecular formula is C15H14ClN5. The molecule has 6 heteroatoms. The molecule has 0 saturated heterocycles. The molecule has 0 bridgehead atoms. The van der Waals surface area contributed by atoms with E-state index in [9.17, 15) is 0 Å². The molecule has 1 aromatic heterocycles. The first-order valence-electron chi connectivity index (χ1n) is 6.50. The predicted octanol–water partition coefficient (Wildman–Crippen LogP) is 2.93. The SMILES string of the molecule is Cc1cc(N)cc(-c2nnnn2Cc2cccc(Cl)c2)c1. The van der Waals surface area contributed by atoms with Gasteiger partial charge in [0.1, 0.15) is 0 Å². The molecular weight excluding hydrogens is 286 g/mol. The summed E-state index contributed by atoms with van der Waals surface area (Å²) in [6, 6.07) is 13.4. The molecule has 21 heavy (non-hydrogen) atoms. The van der Waals surface area contributed by atoms with Gasteiger partial charge in [-0.05, 0) is 58.8 Å². The van der Waals surface area contributed by atoms with Gasteiger partial charge in [0.2, 0.25) is 0 Å². The number of aryl methyl sites for hydroxylation is 1. The Hall–Kier alpha value is -2.40. The molecule has 2 aromatic carbocycles. The van der Waals surface area contributed by atoms with E-state index in [1.807, 2.05) is 49.4 Å². The number of nitrogen functional groups attached to an aromatic ring is 1. The van der Waals surface area contributed by atoms with Crippen molar-refractivity contribution < 1.29 is 0 Å². The lowest BCUT2D eigenvalue weighted by Crippen LogP contribution is -2.04. The highest BCUT2D eigenvalue weighted by atomic mass is 35.5. The van der Waals surface area contributed by atoms with Crippen molar-refractivity contribution in [3.8, 4) is 11.4 Å². The standard InChI is InChI=1S/C15H14ClN5/c1-10-5-12(8-14(17)6-10)15-18-19-20-21(15)9-11-3-2-4-13(16)7-11/h2-8H,9,17H2,1H3. The van der Waals surface area contributed by atoms with Crippen LogP contribution in [0.4, 0.5) is 5.69 Å². The van der Waals surface area contributed by atoms with Gasteiger partial charge in [0, 0.05) is 16.3 Å². The summed E-state index contributed by atoms with van der Waals surface area (Å²) in [7, 11) is 0. The highest BCUT2D eigenvalue weighted by molar-refractivity contribution is 6.30. The zero-order valence-corrected chi connectivity index (χ0v) is 12.2. The second kappa shape index (κ2) is 5.54. The number of hydrogen-bond donors (Lipinski definition) is 1. The Labute approximate surface area is 127 Å². The average Bonchev–Trinajstić information content (AvgIpc) is 2.85. The molecule has 0 aliphatic carbocycles. The summed E-state index contributed by atoms with van der Waals surface area (Å²) >= 11 is 6.01. The molecule has 2 N–H and O–H groups in total. The second-order valence-electron chi connectivity index (χ2n) is 4.92. The summed E-state index contributed by atoms with van der Waals surface area (Å²) in [6.07, 6.45) is 0. The molecule has 0 spiro atoms. The molecule has 0 amide bonds. The fourth-order valence-corrected chi connectivity index (χ4v) is 2.48. The Morgan fingerprint density at radius 3 is 2.81 bits per heavy atom. The molecule has 3 rings (SSSR count). The summed E-state index contributed by atoms with van der Waals surface area (Å²) in [5, 5.41) is 12.6. The molecule has 0 atom stereocenters. The van der Waals surface area contributed by atoms with Crippen molar-refractivity contribution >= 4 is 17.3 Å². The Balaban J connectivity index is 1.97. The average molecular weight is 300 g/mol. The van der Waals surface area contributed by atoms with E-state index in [2.05, 4.69) is 15.5 Å². The number of rotatable bonds is 3. The van der Waals surface area contributed by atoms with Gasteiger partial charge in [-0.25, -0.2) is 4.68 Å². The first kappa shape index (κ1) is 13.6. The summed E-state index contributed by atoms with van der Waals surface area (Å²) in [4.78, 5) is 0. The quantitative estimate of drug-likeness (QED) is 0.755. The maximum atomic E-state index is 6.01. The van der Waals surface area contributed by atoms with Crippen LogP contribution in [-0.2, 0) is 6.54 Å². The molecule has 0 saturated carbocycles. The second-order valence-corrected chi connectivity index (χ2v) is 5.36. The van der Waals surface area contributed by atoms with Crippen LogP contribution < -0.4 is 5.73 Å². The van der Waals surface area contributed by atoms with Crippen LogP contribution in [0.2, 0.25) is 5.02 Å². The Bertz CT molecular complexity index is 761. The minimum Gasteiger partial charge on any atom is -0.399 e. The Morgan fingerprint density at radius 1 is 1.19 bits per heavy atom. The molecule has 1 heterocycles. The predicted molar refractivity (Wildman–Crippen MR) is 83.0 cm³/mol. The molecule has 0 aliphatic rings. The van der Waals surface area contributed by atoms with Crippen LogP contribution in [0.3, 0.4) is 0 Å². The lowest BCUT2D eigenvalue weighted by Gasteiger charge is -2.07. The highest BCUT2D eigenvalue weighted by Gasteiger charge is 2.10. The molecule has 0 aliphatic heterocycles. The molecule has 106 valence electrons. The zero-order valence-electron chi connectivity index (χ0n) is 11.5. The van der Waals surface area contributed by atoms with Crippen LogP contribution in [0.15, 0.2) is 42.5 Å². The fraction of sp³-hybridized carbons (Fsp3) is 0.133. The number of anilines is 1. The van der Waals surface area contributed by atoms with Crippen molar-refractivity contribution in [2.45, 2.75) is 13.5 Å². The van der Waals surface area contributed by atoms with Gasteiger partial charge < -0.3 is 5.73 Å². The van der Waals surface area contributed by atoms with E-state index >= 15 is 0 Å². The number of nitrogens with zero attached hydrogens (tertiary/aromatic N) is 4. The highest BCUT2D eigenvalue weighted by Crippen LogP contribution is 2.22. The number of tetrazole rings is 1. The Morgan fingerprint density at radius 2 is 2.05 bits per heavy atom. The summed E-state index contributed by atoms with van der Waals surface area (Å²) in [6.45, 7) is 2.54. The largest absolute Gasteiger partial charge is 0.399 e. The van der Waals surface area contributed by atoms with E-state index in [1.54, 1.807) is 4.68 Å². The van der Waals surface area contributed by atoms with Gasteiger partial charge in [-0.2, -0.15) is 0 Å². The third kappa shape index (κ3) is 3.03. The summed E-state index contributed by atoms with van der Waals surface area (Å²) in [5.41, 5.74) is 9.60. The molecule has 5 nitrogen and oxygen atoms in total. The summed E-state index contributed by atoms with van der Waals surface area (Å²) in [5.74, 6) is 0.686.